The van der Waals surface area contributed by atoms with Crippen molar-refractivity contribution >= 4 is 5.69 Å². The molecule has 0 spiro atoms. The Kier molecular flexibility index (Phi) is 2.95. The van der Waals surface area contributed by atoms with Crippen LogP contribution in [0, 0.1) is 17.6 Å². The number of hydrogen-bond donors (Lipinski definition) is 1. The van der Waals surface area contributed by atoms with Crippen LogP contribution in [0.15, 0.2) is 12.1 Å². The van der Waals surface area contributed by atoms with E-state index in [1.54, 1.807) is 0 Å². The smallest absolute Gasteiger partial charge is 0.149 e. The Balaban J connectivity index is 1.56. The Morgan fingerprint density at radius 3 is 2.40 bits per heavy atom. The van der Waals surface area contributed by atoms with E-state index in [9.17, 15) is 8.78 Å². The molecule has 2 aliphatic carbocycles. The third-order valence-corrected chi connectivity index (χ3v) is 4.95. The Bertz CT molecular complexity index is 504. The molecule has 1 N–H and O–H groups in total. The van der Waals surface area contributed by atoms with E-state index in [4.69, 9.17) is 0 Å². The van der Waals surface area contributed by atoms with E-state index in [1.165, 1.54) is 31.4 Å². The predicted octanol–water partition coefficient (Wildman–Crippen LogP) is 3.21. The van der Waals surface area contributed by atoms with Gasteiger partial charge in [0.15, 0.2) is 0 Å². The molecule has 1 saturated heterocycles. The number of nitrogens with one attached hydrogen (secondary N) is 1. The lowest BCUT2D eigenvalue weighted by Crippen LogP contribution is -2.33. The summed E-state index contributed by atoms with van der Waals surface area (Å²) >= 11 is 0. The molecule has 1 aliphatic heterocycles. The molecule has 108 valence electrons. The lowest BCUT2D eigenvalue weighted by atomic mass is 10.1. The fourth-order valence-corrected chi connectivity index (χ4v) is 3.74. The molecule has 3 aliphatic rings. The summed E-state index contributed by atoms with van der Waals surface area (Å²) in [6.07, 6.45) is 5.76. The maximum absolute atomic E-state index is 14.3. The zero-order valence-electron chi connectivity index (χ0n) is 11.5. The van der Waals surface area contributed by atoms with Gasteiger partial charge >= 0.3 is 0 Å². The second-order valence-corrected chi connectivity index (χ2v) is 6.55. The zero-order valence-corrected chi connectivity index (χ0v) is 11.5. The van der Waals surface area contributed by atoms with Crippen LogP contribution in [-0.4, -0.2) is 18.6 Å². The molecule has 2 saturated carbocycles. The highest BCUT2D eigenvalue weighted by Gasteiger charge is 2.39. The van der Waals surface area contributed by atoms with E-state index in [2.05, 4.69) is 5.32 Å². The fraction of sp³-hybridized carbons (Fsp3) is 0.625. The summed E-state index contributed by atoms with van der Waals surface area (Å²) in [4.78, 5) is 1.96. The number of fused-ring (bicyclic) bond motifs is 2. The van der Waals surface area contributed by atoms with Gasteiger partial charge in [0.25, 0.3) is 0 Å². The molecule has 1 heterocycles. The van der Waals surface area contributed by atoms with Crippen LogP contribution >= 0.6 is 0 Å². The maximum atomic E-state index is 14.3. The van der Waals surface area contributed by atoms with Crippen LogP contribution < -0.4 is 10.2 Å². The van der Waals surface area contributed by atoms with Gasteiger partial charge in [0.2, 0.25) is 0 Å². The van der Waals surface area contributed by atoms with Crippen molar-refractivity contribution < 1.29 is 8.78 Å². The average molecular weight is 278 g/mol. The number of anilines is 1. The number of rotatable bonds is 4. The predicted molar refractivity (Wildman–Crippen MR) is 74.7 cm³/mol. The van der Waals surface area contributed by atoms with Crippen LogP contribution in [0.5, 0.6) is 0 Å². The standard InChI is InChI=1S/C16H20F2N2/c17-14-6-11(8-19-12-2-3-12)7-15(18)16(14)20-9-10-1-4-13(20)5-10/h6-7,10,12-13,19H,1-5,8-9H2. The molecule has 3 fully saturated rings. The summed E-state index contributed by atoms with van der Waals surface area (Å²) in [7, 11) is 0. The molecule has 1 aromatic rings. The number of hydrogen-bond acceptors (Lipinski definition) is 2. The normalized spacial score (nSPS) is 28.4. The summed E-state index contributed by atoms with van der Waals surface area (Å²) in [5.41, 5.74) is 0.910. The van der Waals surface area contributed by atoms with Gasteiger partial charge in [-0.15, -0.1) is 0 Å². The number of nitrogens with zero attached hydrogens (tertiary/aromatic N) is 1. The second kappa shape index (κ2) is 4.69. The average Bonchev–Trinajstić information content (AvgIpc) is 3.01. The fourth-order valence-electron chi connectivity index (χ4n) is 3.74. The molecule has 0 aromatic heterocycles. The molecule has 1 aromatic carbocycles. The van der Waals surface area contributed by atoms with Crippen LogP contribution in [-0.2, 0) is 6.54 Å². The molecule has 2 nitrogen and oxygen atoms in total. The van der Waals surface area contributed by atoms with Gasteiger partial charge in [0.1, 0.15) is 17.3 Å². The molecule has 2 unspecified atom stereocenters. The highest BCUT2D eigenvalue weighted by atomic mass is 19.1. The van der Waals surface area contributed by atoms with E-state index in [0.717, 1.165) is 19.4 Å². The van der Waals surface area contributed by atoms with E-state index < -0.39 is 11.6 Å². The minimum atomic E-state index is -0.398. The topological polar surface area (TPSA) is 15.3 Å². The molecule has 4 rings (SSSR count). The first kappa shape index (κ1) is 12.6. The lowest BCUT2D eigenvalue weighted by molar-refractivity contribution is 0.518. The molecule has 2 bridgehead atoms. The van der Waals surface area contributed by atoms with E-state index in [1.807, 2.05) is 4.90 Å². The molecule has 4 heteroatoms. The summed E-state index contributed by atoms with van der Waals surface area (Å²) < 4.78 is 28.6. The van der Waals surface area contributed by atoms with Gasteiger partial charge in [0, 0.05) is 25.2 Å². The number of piperidine rings is 1. The van der Waals surface area contributed by atoms with Crippen molar-refractivity contribution in [2.24, 2.45) is 5.92 Å². The highest BCUT2D eigenvalue weighted by molar-refractivity contribution is 5.53. The third kappa shape index (κ3) is 2.20. The first-order chi connectivity index (χ1) is 9.70. The SMILES string of the molecule is Fc1cc(CNC2CC2)cc(F)c1N1CC2CCC1C2. The van der Waals surface area contributed by atoms with Gasteiger partial charge in [0.05, 0.1) is 0 Å². The van der Waals surface area contributed by atoms with Crippen LogP contribution in [0.1, 0.15) is 37.7 Å². The maximum Gasteiger partial charge on any atom is 0.149 e. The van der Waals surface area contributed by atoms with Crippen LogP contribution in [0.2, 0.25) is 0 Å². The molecule has 2 atom stereocenters. The van der Waals surface area contributed by atoms with Crippen LogP contribution in [0.4, 0.5) is 14.5 Å². The second-order valence-electron chi connectivity index (χ2n) is 6.55. The number of halogens is 2. The highest BCUT2D eigenvalue weighted by Crippen LogP contribution is 2.42. The van der Waals surface area contributed by atoms with Crippen molar-refractivity contribution in [2.45, 2.75) is 50.7 Å². The third-order valence-electron chi connectivity index (χ3n) is 4.95. The minimum Gasteiger partial charge on any atom is -0.364 e. The van der Waals surface area contributed by atoms with Crippen molar-refractivity contribution in [3.05, 3.63) is 29.3 Å². The van der Waals surface area contributed by atoms with Gasteiger partial charge in [-0.2, -0.15) is 0 Å². The zero-order chi connectivity index (χ0) is 13.7. The molecule has 20 heavy (non-hydrogen) atoms. The van der Waals surface area contributed by atoms with Gasteiger partial charge in [-0.25, -0.2) is 8.78 Å². The summed E-state index contributed by atoms with van der Waals surface area (Å²) in [5.74, 6) is -0.162. The van der Waals surface area contributed by atoms with E-state index in [0.29, 0.717) is 30.1 Å². The van der Waals surface area contributed by atoms with Gasteiger partial charge in [-0.05, 0) is 55.7 Å². The van der Waals surface area contributed by atoms with Crippen LogP contribution in [0.25, 0.3) is 0 Å². The van der Waals surface area contributed by atoms with Gasteiger partial charge in [-0.3, -0.25) is 0 Å². The molecular weight excluding hydrogens is 258 g/mol. The largest absolute Gasteiger partial charge is 0.364 e. The Morgan fingerprint density at radius 1 is 1.10 bits per heavy atom. The first-order valence-corrected chi connectivity index (χ1v) is 7.68. The van der Waals surface area contributed by atoms with E-state index >= 15 is 0 Å². The first-order valence-electron chi connectivity index (χ1n) is 7.68. The Morgan fingerprint density at radius 2 is 1.85 bits per heavy atom. The van der Waals surface area contributed by atoms with Crippen molar-refractivity contribution in [1.29, 1.82) is 0 Å². The lowest BCUT2D eigenvalue weighted by Gasteiger charge is -2.30. The Labute approximate surface area is 118 Å². The quantitative estimate of drug-likeness (QED) is 0.910. The van der Waals surface area contributed by atoms with Crippen molar-refractivity contribution in [1.82, 2.24) is 5.32 Å². The summed E-state index contributed by atoms with van der Waals surface area (Å²) in [5, 5.41) is 3.30. The monoisotopic (exact) mass is 278 g/mol. The number of benzene rings is 1. The summed E-state index contributed by atoms with van der Waals surface area (Å²) in [6.45, 7) is 1.38. The van der Waals surface area contributed by atoms with Crippen molar-refractivity contribution in [3.63, 3.8) is 0 Å². The van der Waals surface area contributed by atoms with Gasteiger partial charge < -0.3 is 10.2 Å². The molecule has 0 amide bonds. The van der Waals surface area contributed by atoms with Crippen molar-refractivity contribution in [3.8, 4) is 0 Å². The molecular formula is C16H20F2N2. The Hall–Kier alpha value is -1.16. The summed E-state index contributed by atoms with van der Waals surface area (Å²) in [6, 6.07) is 3.90. The van der Waals surface area contributed by atoms with Gasteiger partial charge in [-0.1, -0.05) is 0 Å². The minimum absolute atomic E-state index is 0.201. The molecule has 0 radical (unpaired) electrons. The van der Waals surface area contributed by atoms with Crippen LogP contribution in [0.3, 0.4) is 0 Å². The van der Waals surface area contributed by atoms with Crippen molar-refractivity contribution in [2.75, 3.05) is 11.4 Å². The van der Waals surface area contributed by atoms with E-state index in [-0.39, 0.29) is 5.69 Å².